The van der Waals surface area contributed by atoms with Crippen molar-refractivity contribution in [1.82, 2.24) is 9.97 Å². The number of rotatable bonds is 1. The highest BCUT2D eigenvalue weighted by Crippen LogP contribution is 2.25. The summed E-state index contributed by atoms with van der Waals surface area (Å²) in [6.45, 7) is 0. The summed E-state index contributed by atoms with van der Waals surface area (Å²) in [7, 11) is 0. The van der Waals surface area contributed by atoms with Gasteiger partial charge in [-0.15, -0.1) is 0 Å². The average molecular weight is 206 g/mol. The van der Waals surface area contributed by atoms with Crippen molar-refractivity contribution in [2.24, 2.45) is 0 Å². The Kier molecular flexibility index (Phi) is 2.11. The molecule has 0 saturated heterocycles. The molecule has 0 saturated carbocycles. The second-order valence-electron chi connectivity index (χ2n) is 3.62. The van der Waals surface area contributed by atoms with Crippen LogP contribution in [0.15, 0.2) is 61.1 Å². The van der Waals surface area contributed by atoms with Crippen molar-refractivity contribution in [3.8, 4) is 11.1 Å². The molecule has 2 heterocycles. The second-order valence-corrected chi connectivity index (χ2v) is 3.62. The zero-order chi connectivity index (χ0) is 10.8. The molecule has 0 spiro atoms. The average Bonchev–Trinajstić information content (AvgIpc) is 2.39. The van der Waals surface area contributed by atoms with Gasteiger partial charge in [-0.3, -0.25) is 9.97 Å². The lowest BCUT2D eigenvalue weighted by molar-refractivity contribution is 1.33. The van der Waals surface area contributed by atoms with Crippen LogP contribution in [0.3, 0.4) is 0 Å². The Labute approximate surface area is 93.6 Å². The first-order chi connectivity index (χ1) is 7.95. The maximum atomic E-state index is 4.43. The highest BCUT2D eigenvalue weighted by molar-refractivity contribution is 5.93. The standard InChI is InChI=1S/C14H10N2/c1-4-11-5-3-9-16-14(11)13(7-1)12-6-2-8-15-10-12/h1-10H. The highest BCUT2D eigenvalue weighted by atomic mass is 14.7. The number of benzene rings is 1. The molecule has 3 aromatic rings. The van der Waals surface area contributed by atoms with Crippen LogP contribution in [-0.4, -0.2) is 9.97 Å². The first-order valence-corrected chi connectivity index (χ1v) is 5.19. The molecule has 0 aliphatic carbocycles. The lowest BCUT2D eigenvalue weighted by atomic mass is 10.0. The molecule has 3 rings (SSSR count). The summed E-state index contributed by atoms with van der Waals surface area (Å²) < 4.78 is 0. The molecule has 0 N–H and O–H groups in total. The molecule has 0 radical (unpaired) electrons. The predicted octanol–water partition coefficient (Wildman–Crippen LogP) is 3.30. The molecule has 0 unspecified atom stereocenters. The summed E-state index contributed by atoms with van der Waals surface area (Å²) in [5, 5.41) is 1.16. The number of aromatic nitrogens is 2. The van der Waals surface area contributed by atoms with E-state index in [2.05, 4.69) is 34.2 Å². The van der Waals surface area contributed by atoms with Gasteiger partial charge in [0, 0.05) is 35.1 Å². The van der Waals surface area contributed by atoms with E-state index < -0.39 is 0 Å². The van der Waals surface area contributed by atoms with Gasteiger partial charge in [0.15, 0.2) is 0 Å². The van der Waals surface area contributed by atoms with Gasteiger partial charge in [0.05, 0.1) is 5.52 Å². The van der Waals surface area contributed by atoms with Crippen molar-refractivity contribution >= 4 is 10.9 Å². The van der Waals surface area contributed by atoms with Crippen LogP contribution in [-0.2, 0) is 0 Å². The van der Waals surface area contributed by atoms with Crippen molar-refractivity contribution in [3.63, 3.8) is 0 Å². The van der Waals surface area contributed by atoms with Crippen molar-refractivity contribution in [2.45, 2.75) is 0 Å². The van der Waals surface area contributed by atoms with E-state index in [1.807, 2.05) is 30.6 Å². The van der Waals surface area contributed by atoms with Gasteiger partial charge < -0.3 is 0 Å². The first kappa shape index (κ1) is 9.04. The minimum absolute atomic E-state index is 1.03. The summed E-state index contributed by atoms with van der Waals surface area (Å²) in [4.78, 5) is 8.57. The number of para-hydroxylation sites is 1. The molecule has 76 valence electrons. The van der Waals surface area contributed by atoms with Gasteiger partial charge in [-0.2, -0.15) is 0 Å². The minimum Gasteiger partial charge on any atom is -0.264 e. The van der Waals surface area contributed by atoms with E-state index >= 15 is 0 Å². The van der Waals surface area contributed by atoms with Crippen LogP contribution in [0.4, 0.5) is 0 Å². The smallest absolute Gasteiger partial charge is 0.0780 e. The van der Waals surface area contributed by atoms with Gasteiger partial charge in [-0.05, 0) is 12.1 Å². The Morgan fingerprint density at radius 2 is 1.69 bits per heavy atom. The fourth-order valence-electron chi connectivity index (χ4n) is 1.86. The number of hydrogen-bond donors (Lipinski definition) is 0. The van der Waals surface area contributed by atoms with E-state index in [9.17, 15) is 0 Å². The van der Waals surface area contributed by atoms with Gasteiger partial charge in [0.2, 0.25) is 0 Å². The molecule has 0 aliphatic heterocycles. The van der Waals surface area contributed by atoms with Gasteiger partial charge in [0.25, 0.3) is 0 Å². The molecule has 0 fully saturated rings. The van der Waals surface area contributed by atoms with Crippen molar-refractivity contribution < 1.29 is 0 Å². The molecule has 16 heavy (non-hydrogen) atoms. The van der Waals surface area contributed by atoms with E-state index in [1.54, 1.807) is 6.20 Å². The lowest BCUT2D eigenvalue weighted by Gasteiger charge is -2.04. The molecule has 2 aromatic heterocycles. The van der Waals surface area contributed by atoms with Gasteiger partial charge in [0.1, 0.15) is 0 Å². The molecular formula is C14H10N2. The summed E-state index contributed by atoms with van der Waals surface area (Å²) in [6, 6.07) is 14.2. The van der Waals surface area contributed by atoms with Crippen LogP contribution in [0.25, 0.3) is 22.0 Å². The Hall–Kier alpha value is -2.22. The van der Waals surface area contributed by atoms with Crippen molar-refractivity contribution in [2.75, 3.05) is 0 Å². The van der Waals surface area contributed by atoms with Crippen molar-refractivity contribution in [3.05, 3.63) is 61.1 Å². The van der Waals surface area contributed by atoms with E-state index in [-0.39, 0.29) is 0 Å². The third-order valence-electron chi connectivity index (χ3n) is 2.61. The Balaban J connectivity index is 2.32. The highest BCUT2D eigenvalue weighted by Gasteiger charge is 2.03. The first-order valence-electron chi connectivity index (χ1n) is 5.19. The number of pyridine rings is 2. The third kappa shape index (κ3) is 1.44. The predicted molar refractivity (Wildman–Crippen MR) is 65.0 cm³/mol. The lowest BCUT2D eigenvalue weighted by Crippen LogP contribution is -1.84. The maximum Gasteiger partial charge on any atom is 0.0780 e. The van der Waals surface area contributed by atoms with Crippen molar-refractivity contribution in [1.29, 1.82) is 0 Å². The summed E-state index contributed by atoms with van der Waals surface area (Å²) in [6.07, 6.45) is 5.47. The monoisotopic (exact) mass is 206 g/mol. The van der Waals surface area contributed by atoms with E-state index in [1.165, 1.54) is 0 Å². The van der Waals surface area contributed by atoms with Crippen LogP contribution in [0.5, 0.6) is 0 Å². The van der Waals surface area contributed by atoms with Gasteiger partial charge >= 0.3 is 0 Å². The van der Waals surface area contributed by atoms with E-state index in [4.69, 9.17) is 0 Å². The largest absolute Gasteiger partial charge is 0.264 e. The quantitative estimate of drug-likeness (QED) is 0.610. The fourth-order valence-corrected chi connectivity index (χ4v) is 1.86. The third-order valence-corrected chi connectivity index (χ3v) is 2.61. The fraction of sp³-hybridized carbons (Fsp3) is 0. The molecular weight excluding hydrogens is 196 g/mol. The van der Waals surface area contributed by atoms with Crippen LogP contribution < -0.4 is 0 Å². The Bertz CT molecular complexity index is 612. The molecule has 0 atom stereocenters. The van der Waals surface area contributed by atoms with E-state index in [0.29, 0.717) is 0 Å². The molecule has 2 heteroatoms. The normalized spacial score (nSPS) is 10.5. The molecule has 1 aromatic carbocycles. The molecule has 2 nitrogen and oxygen atoms in total. The van der Waals surface area contributed by atoms with Gasteiger partial charge in [-0.1, -0.05) is 30.3 Å². The Morgan fingerprint density at radius 3 is 2.56 bits per heavy atom. The number of nitrogens with zero attached hydrogens (tertiary/aromatic N) is 2. The number of fused-ring (bicyclic) bond motifs is 1. The van der Waals surface area contributed by atoms with E-state index in [0.717, 1.165) is 22.0 Å². The summed E-state index contributed by atoms with van der Waals surface area (Å²) >= 11 is 0. The molecule has 0 bridgehead atoms. The van der Waals surface area contributed by atoms with Crippen LogP contribution in [0, 0.1) is 0 Å². The number of hydrogen-bond acceptors (Lipinski definition) is 2. The van der Waals surface area contributed by atoms with Gasteiger partial charge in [-0.25, -0.2) is 0 Å². The molecule has 0 aliphatic rings. The zero-order valence-electron chi connectivity index (χ0n) is 8.67. The summed E-state index contributed by atoms with van der Waals surface area (Å²) in [5.74, 6) is 0. The Morgan fingerprint density at radius 1 is 0.812 bits per heavy atom. The van der Waals surface area contributed by atoms with Crippen LogP contribution >= 0.6 is 0 Å². The molecule has 0 amide bonds. The topological polar surface area (TPSA) is 25.8 Å². The zero-order valence-corrected chi connectivity index (χ0v) is 8.67. The van der Waals surface area contributed by atoms with Crippen LogP contribution in [0.2, 0.25) is 0 Å². The second kappa shape index (κ2) is 3.74. The minimum atomic E-state index is 1.03. The summed E-state index contributed by atoms with van der Waals surface area (Å²) in [5.41, 5.74) is 3.26. The van der Waals surface area contributed by atoms with Crippen LogP contribution in [0.1, 0.15) is 0 Å². The SMILES string of the molecule is c1cncc(-c2cccc3cccnc23)c1. The maximum absolute atomic E-state index is 4.43.